The summed E-state index contributed by atoms with van der Waals surface area (Å²) >= 11 is 0. The topological polar surface area (TPSA) is 399 Å². The van der Waals surface area contributed by atoms with Crippen molar-refractivity contribution in [3.05, 3.63) is 12.2 Å². The molecule has 3 amide bonds. The van der Waals surface area contributed by atoms with Gasteiger partial charge in [0.25, 0.3) is 5.91 Å². The number of imide groups is 1. The molecule has 125 heavy (non-hydrogen) atoms. The molecule has 0 bridgehead atoms. The van der Waals surface area contributed by atoms with E-state index in [-0.39, 0.29) is 11.8 Å². The average molecular weight is 1830 g/mol. The molecule has 0 aromatic carbocycles. The second-order valence-electron chi connectivity index (χ2n) is 25.7. The summed E-state index contributed by atoms with van der Waals surface area (Å²) in [4.78, 5) is 35.9. The molecule has 0 saturated carbocycles. The first-order chi connectivity index (χ1) is 62.2. The maximum Gasteiger partial charge on any atom is 0.252 e. The Labute approximate surface area is 744 Å². The fourth-order valence-corrected chi connectivity index (χ4v) is 9.27. The first-order valence-electron chi connectivity index (χ1n) is 44.5. The van der Waals surface area contributed by atoms with E-state index in [9.17, 15) is 14.4 Å². The summed E-state index contributed by atoms with van der Waals surface area (Å²) in [6.45, 7) is 36.4. The number of ether oxygens (including phenoxy) is 36. The first kappa shape index (κ1) is 122. The number of hydrogen-bond donors (Lipinski definition) is 1. The Morgan fingerprint density at radius 3 is 0.488 bits per heavy atom. The van der Waals surface area contributed by atoms with Gasteiger partial charge in [0.15, 0.2) is 0 Å². The molecule has 0 fully saturated rings. The number of allylic oxidation sites excluding steroid dienone is 1. The first-order valence-corrected chi connectivity index (χ1v) is 44.5. The molecule has 0 saturated heterocycles. The van der Waals surface area contributed by atoms with Gasteiger partial charge in [0.1, 0.15) is 0 Å². The zero-order chi connectivity index (χ0) is 89.5. The third-order valence-corrected chi connectivity index (χ3v) is 15.7. The van der Waals surface area contributed by atoms with Crippen LogP contribution in [0.25, 0.3) is 0 Å². The smallest absolute Gasteiger partial charge is 0.252 e. The standard InChI is InChI=1S/C84H164N2O39/c1-3-7-84(89)86(82-87)10-6-4-5-8-83(88)85-9-11-91-14-15-93-18-19-95-22-23-97-26-27-99-30-31-101-34-35-103-38-39-105-42-43-107-46-47-109-50-51-111-54-55-113-58-59-115-62-63-117-66-67-119-70-71-121-74-75-123-78-79-125-81-80-124-77-76-122-73-72-120-69-68-118-65-64-116-61-60-114-57-56-112-53-52-110-49-48-108-45-44-106-41-40-104-37-36-102-33-32-100-29-28-98-25-24-96-21-20-94-17-16-92-13-12-90-2/h3,7,82H,4-6,8-81H2,1-2H3,(H,85,88)/b7-3-. The van der Waals surface area contributed by atoms with Gasteiger partial charge in [0, 0.05) is 26.6 Å². The molecule has 0 unspecified atom stereocenters. The SMILES string of the molecule is C/C=C\C(=O)N(C=O)CCCCCC(=O)NCCOCCOCCOCCOCCOCCOCCOCCOCCOCCOCCOCCOCCOCCOCCOCCOCCOCCOCCOCCOCCOCCOCCOCCOCCOCCOCCOCCOCCOCCOCCOCCOCCOCCOCCOCCOC. The van der Waals surface area contributed by atoms with Crippen molar-refractivity contribution in [2.45, 2.75) is 32.6 Å². The third kappa shape index (κ3) is 111. The van der Waals surface area contributed by atoms with Crippen LogP contribution in [0.1, 0.15) is 32.6 Å². The van der Waals surface area contributed by atoms with Crippen molar-refractivity contribution in [2.24, 2.45) is 0 Å². The van der Waals surface area contributed by atoms with Gasteiger partial charge in [-0.1, -0.05) is 12.5 Å². The lowest BCUT2D eigenvalue weighted by atomic mass is 10.2. The molecule has 744 valence electrons. The average Bonchev–Trinajstić information content (AvgIpc) is 0.955. The summed E-state index contributed by atoms with van der Waals surface area (Å²) < 4.78 is 198. The highest BCUT2D eigenvalue weighted by molar-refractivity contribution is 5.94. The quantitative estimate of drug-likeness (QED) is 0.0511. The van der Waals surface area contributed by atoms with Crippen LogP contribution in [0, 0.1) is 0 Å². The van der Waals surface area contributed by atoms with Crippen molar-refractivity contribution in [3.8, 4) is 0 Å². The van der Waals surface area contributed by atoms with Crippen LogP contribution in [0.5, 0.6) is 0 Å². The van der Waals surface area contributed by atoms with Crippen molar-refractivity contribution in [1.29, 1.82) is 0 Å². The van der Waals surface area contributed by atoms with Crippen molar-refractivity contribution in [3.63, 3.8) is 0 Å². The lowest BCUT2D eigenvalue weighted by Crippen LogP contribution is -2.29. The molecule has 0 aliphatic rings. The van der Waals surface area contributed by atoms with Crippen LogP contribution in [0.2, 0.25) is 0 Å². The number of carbonyl (C=O) groups excluding carboxylic acids is 3. The molecular weight excluding hydrogens is 1660 g/mol. The van der Waals surface area contributed by atoms with Gasteiger partial charge in [0.05, 0.1) is 469 Å². The van der Waals surface area contributed by atoms with Crippen molar-refractivity contribution < 1.29 is 185 Å². The molecule has 0 rings (SSSR count). The zero-order valence-corrected chi connectivity index (χ0v) is 76.0. The Hall–Kier alpha value is -3.09. The molecule has 41 heteroatoms. The summed E-state index contributed by atoms with van der Waals surface area (Å²) in [7, 11) is 1.64. The highest BCUT2D eigenvalue weighted by atomic mass is 16.6. The number of unbranched alkanes of at least 4 members (excludes halogenated alkanes) is 2. The molecular formula is C84H164N2O39. The van der Waals surface area contributed by atoms with Gasteiger partial charge < -0.3 is 176 Å². The lowest BCUT2D eigenvalue weighted by molar-refractivity contribution is -0.134. The Balaban J connectivity index is 3.13. The summed E-state index contributed by atoms with van der Waals surface area (Å²) in [6.07, 6.45) is 5.92. The van der Waals surface area contributed by atoms with E-state index < -0.39 is 0 Å². The van der Waals surface area contributed by atoms with E-state index in [2.05, 4.69) is 5.32 Å². The number of nitrogens with zero attached hydrogens (tertiary/aromatic N) is 1. The predicted molar refractivity (Wildman–Crippen MR) is 455 cm³/mol. The van der Waals surface area contributed by atoms with E-state index in [4.69, 9.17) is 171 Å². The molecule has 0 radical (unpaired) electrons. The van der Waals surface area contributed by atoms with E-state index in [0.29, 0.717) is 508 Å². The number of rotatable bonds is 116. The monoisotopic (exact) mass is 1830 g/mol. The third-order valence-electron chi connectivity index (χ3n) is 15.7. The second-order valence-corrected chi connectivity index (χ2v) is 25.7. The highest BCUT2D eigenvalue weighted by Crippen LogP contribution is 2.03. The Bertz CT molecular complexity index is 2020. The van der Waals surface area contributed by atoms with Gasteiger partial charge in [-0.25, -0.2) is 0 Å². The summed E-state index contributed by atoms with van der Waals surface area (Å²) in [6, 6.07) is 0. The minimum Gasteiger partial charge on any atom is -0.382 e. The molecule has 0 aromatic rings. The van der Waals surface area contributed by atoms with Gasteiger partial charge in [-0.05, 0) is 25.8 Å². The molecule has 0 aliphatic heterocycles. The normalized spacial score (nSPS) is 11.8. The number of hydrogen-bond acceptors (Lipinski definition) is 39. The van der Waals surface area contributed by atoms with Crippen LogP contribution in [-0.4, -0.2) is 512 Å². The molecule has 41 nitrogen and oxygen atoms in total. The van der Waals surface area contributed by atoms with Gasteiger partial charge in [-0.15, -0.1) is 0 Å². The molecule has 0 aromatic heterocycles. The van der Waals surface area contributed by atoms with E-state index in [0.717, 1.165) is 11.3 Å². The van der Waals surface area contributed by atoms with Gasteiger partial charge >= 0.3 is 0 Å². The number of amides is 3. The predicted octanol–water partition coefficient (Wildman–Crippen LogP) is 1.45. The van der Waals surface area contributed by atoms with Crippen LogP contribution in [0.4, 0.5) is 0 Å². The van der Waals surface area contributed by atoms with E-state index in [1.54, 1.807) is 20.1 Å². The van der Waals surface area contributed by atoms with E-state index in [1.807, 2.05) is 0 Å². The highest BCUT2D eigenvalue weighted by Gasteiger charge is 2.10. The van der Waals surface area contributed by atoms with Gasteiger partial charge in [-0.2, -0.15) is 0 Å². The number of nitrogens with one attached hydrogen (secondary N) is 1. The van der Waals surface area contributed by atoms with Crippen LogP contribution in [0.3, 0.4) is 0 Å². The number of carbonyl (C=O) groups is 3. The van der Waals surface area contributed by atoms with Crippen LogP contribution in [0.15, 0.2) is 12.2 Å². The maximum absolute atomic E-state index is 12.0. The number of methoxy groups -OCH3 is 1. The van der Waals surface area contributed by atoms with Crippen LogP contribution < -0.4 is 5.32 Å². The van der Waals surface area contributed by atoms with Gasteiger partial charge in [0.2, 0.25) is 12.3 Å². The minimum atomic E-state index is -0.335. The zero-order valence-electron chi connectivity index (χ0n) is 76.0. The largest absolute Gasteiger partial charge is 0.382 e. The van der Waals surface area contributed by atoms with Crippen LogP contribution >= 0.6 is 0 Å². The fraction of sp³-hybridized carbons (Fsp3) is 0.940. The van der Waals surface area contributed by atoms with Crippen molar-refractivity contribution in [1.82, 2.24) is 10.2 Å². The van der Waals surface area contributed by atoms with Crippen molar-refractivity contribution >= 4 is 18.2 Å². The second kappa shape index (κ2) is 115. The van der Waals surface area contributed by atoms with E-state index >= 15 is 0 Å². The molecule has 0 atom stereocenters. The molecule has 0 aliphatic carbocycles. The fourth-order valence-electron chi connectivity index (χ4n) is 9.27. The lowest BCUT2D eigenvalue weighted by Gasteiger charge is -2.12. The molecule has 0 spiro atoms. The minimum absolute atomic E-state index is 0.0576. The van der Waals surface area contributed by atoms with Crippen molar-refractivity contribution in [2.75, 3.05) is 489 Å². The summed E-state index contributed by atoms with van der Waals surface area (Å²) in [5.41, 5.74) is 0. The van der Waals surface area contributed by atoms with Gasteiger partial charge in [-0.3, -0.25) is 19.3 Å². The summed E-state index contributed by atoms with van der Waals surface area (Å²) in [5.74, 6) is -0.393. The maximum atomic E-state index is 12.0. The van der Waals surface area contributed by atoms with Crippen LogP contribution in [-0.2, 0) is 185 Å². The summed E-state index contributed by atoms with van der Waals surface area (Å²) in [5, 5.41) is 2.82. The molecule has 0 heterocycles. The Kier molecular flexibility index (Phi) is 112. The molecule has 1 N–H and O–H groups in total. The van der Waals surface area contributed by atoms with E-state index in [1.165, 1.54) is 6.08 Å². The Morgan fingerprint density at radius 2 is 0.352 bits per heavy atom. The Morgan fingerprint density at radius 1 is 0.208 bits per heavy atom.